The molecule has 0 spiro atoms. The fourth-order valence-corrected chi connectivity index (χ4v) is 1.19. The first-order valence-corrected chi connectivity index (χ1v) is 4.08. The molecule has 0 radical (unpaired) electrons. The maximum absolute atomic E-state index is 12.7. The fraction of sp³-hybridized carbons (Fsp3) is 0.444. The summed E-state index contributed by atoms with van der Waals surface area (Å²) in [5.74, 6) is -0.0624. The molecule has 1 aromatic rings. The second-order valence-corrected chi connectivity index (χ2v) is 2.78. The van der Waals surface area contributed by atoms with Gasteiger partial charge in [0.25, 0.3) is 0 Å². The predicted octanol–water partition coefficient (Wildman–Crippen LogP) is 1.67. The van der Waals surface area contributed by atoms with Crippen molar-refractivity contribution in [1.82, 2.24) is 4.98 Å². The summed E-state index contributed by atoms with van der Waals surface area (Å²) >= 11 is 0. The number of pyridine rings is 1. The molecule has 0 fully saturated rings. The molecule has 0 aliphatic rings. The van der Waals surface area contributed by atoms with Gasteiger partial charge in [0.15, 0.2) is 0 Å². The summed E-state index contributed by atoms with van der Waals surface area (Å²) in [6.07, 6.45) is 3.79. The number of nitrogens with two attached hydrogens (primary N) is 1. The van der Waals surface area contributed by atoms with E-state index in [1.165, 1.54) is 12.3 Å². The van der Waals surface area contributed by atoms with Gasteiger partial charge >= 0.3 is 0 Å². The van der Waals surface area contributed by atoms with Crippen molar-refractivity contribution in [3.8, 4) is 0 Å². The molecule has 0 amide bonds. The third-order valence-electron chi connectivity index (χ3n) is 1.97. The van der Waals surface area contributed by atoms with Crippen LogP contribution < -0.4 is 5.73 Å². The van der Waals surface area contributed by atoms with E-state index in [-0.39, 0.29) is 11.7 Å². The lowest BCUT2D eigenvalue weighted by Gasteiger charge is -2.11. The van der Waals surface area contributed by atoms with Crippen molar-refractivity contribution in [1.29, 1.82) is 0 Å². The normalized spacial score (nSPS) is 12.9. The van der Waals surface area contributed by atoms with Crippen molar-refractivity contribution in [3.05, 3.63) is 29.8 Å². The molecule has 1 atom stereocenters. The minimum absolute atomic E-state index is 0.230. The van der Waals surface area contributed by atoms with Crippen LogP contribution in [0.4, 0.5) is 4.39 Å². The molecule has 1 aromatic heterocycles. The Bertz CT molecular complexity index is 246. The summed E-state index contributed by atoms with van der Waals surface area (Å²) in [6.45, 7) is 2.57. The summed E-state index contributed by atoms with van der Waals surface area (Å²) < 4.78 is 12.7. The van der Waals surface area contributed by atoms with Crippen molar-refractivity contribution in [2.24, 2.45) is 5.73 Å². The van der Waals surface area contributed by atoms with Gasteiger partial charge in [-0.2, -0.15) is 0 Å². The Hall–Kier alpha value is -0.960. The number of nitrogens with zero attached hydrogens (tertiary/aromatic N) is 1. The molecule has 0 aliphatic carbocycles. The molecular formula is C9H13FN2. The van der Waals surface area contributed by atoms with Crippen LogP contribution in [0.15, 0.2) is 18.5 Å². The lowest BCUT2D eigenvalue weighted by atomic mass is 9.99. The maximum Gasteiger partial charge on any atom is 0.141 e. The number of halogens is 1. The molecule has 1 unspecified atom stereocenters. The minimum Gasteiger partial charge on any atom is -0.330 e. The molecule has 3 heteroatoms. The quantitative estimate of drug-likeness (QED) is 0.745. The van der Waals surface area contributed by atoms with Crippen molar-refractivity contribution in [3.63, 3.8) is 0 Å². The van der Waals surface area contributed by atoms with E-state index in [1.807, 2.05) is 6.92 Å². The number of rotatable bonds is 3. The Kier molecular flexibility index (Phi) is 3.17. The zero-order chi connectivity index (χ0) is 8.97. The summed E-state index contributed by atoms with van der Waals surface area (Å²) in [7, 11) is 0. The summed E-state index contributed by atoms with van der Waals surface area (Å²) in [5.41, 5.74) is 6.40. The molecular weight excluding hydrogens is 155 g/mol. The lowest BCUT2D eigenvalue weighted by molar-refractivity contribution is 0.606. The first-order valence-electron chi connectivity index (χ1n) is 4.08. The largest absolute Gasteiger partial charge is 0.330 e. The van der Waals surface area contributed by atoms with Crippen molar-refractivity contribution < 1.29 is 4.39 Å². The van der Waals surface area contributed by atoms with Crippen LogP contribution in [0.2, 0.25) is 0 Å². The van der Waals surface area contributed by atoms with Crippen LogP contribution in [0.25, 0.3) is 0 Å². The molecule has 1 rings (SSSR count). The van der Waals surface area contributed by atoms with Crippen LogP contribution in [0.5, 0.6) is 0 Å². The fourth-order valence-electron chi connectivity index (χ4n) is 1.19. The molecule has 2 nitrogen and oxygen atoms in total. The maximum atomic E-state index is 12.7. The van der Waals surface area contributed by atoms with Crippen molar-refractivity contribution >= 4 is 0 Å². The Labute approximate surface area is 71.6 Å². The molecule has 0 aromatic carbocycles. The number of aromatic nitrogens is 1. The summed E-state index contributed by atoms with van der Waals surface area (Å²) in [4.78, 5) is 3.77. The molecule has 2 N–H and O–H groups in total. The number of hydrogen-bond donors (Lipinski definition) is 1. The highest BCUT2D eigenvalue weighted by molar-refractivity contribution is 5.15. The average molecular weight is 168 g/mol. The predicted molar refractivity (Wildman–Crippen MR) is 46.3 cm³/mol. The van der Waals surface area contributed by atoms with Gasteiger partial charge < -0.3 is 5.73 Å². The van der Waals surface area contributed by atoms with Crippen LogP contribution in [0.3, 0.4) is 0 Å². The zero-order valence-corrected chi connectivity index (χ0v) is 7.13. The monoisotopic (exact) mass is 168 g/mol. The van der Waals surface area contributed by atoms with Crippen LogP contribution in [0, 0.1) is 5.82 Å². The van der Waals surface area contributed by atoms with E-state index in [4.69, 9.17) is 5.73 Å². The average Bonchev–Trinajstić information content (AvgIpc) is 2.07. The van der Waals surface area contributed by atoms with E-state index in [0.717, 1.165) is 12.0 Å². The second-order valence-electron chi connectivity index (χ2n) is 2.78. The van der Waals surface area contributed by atoms with Gasteiger partial charge in [0.1, 0.15) is 5.82 Å². The Balaban J connectivity index is 2.85. The smallest absolute Gasteiger partial charge is 0.141 e. The topological polar surface area (TPSA) is 38.9 Å². The molecule has 66 valence electrons. The zero-order valence-electron chi connectivity index (χ0n) is 7.13. The SMILES string of the molecule is CCC(CN)c1cncc(F)c1. The van der Waals surface area contributed by atoms with Crippen LogP contribution >= 0.6 is 0 Å². The van der Waals surface area contributed by atoms with E-state index < -0.39 is 0 Å². The highest BCUT2D eigenvalue weighted by Crippen LogP contribution is 2.17. The van der Waals surface area contributed by atoms with Crippen molar-refractivity contribution in [2.45, 2.75) is 19.3 Å². The number of hydrogen-bond acceptors (Lipinski definition) is 2. The van der Waals surface area contributed by atoms with Gasteiger partial charge in [0.2, 0.25) is 0 Å². The highest BCUT2D eigenvalue weighted by Gasteiger charge is 2.07. The van der Waals surface area contributed by atoms with Crippen LogP contribution in [-0.2, 0) is 0 Å². The van der Waals surface area contributed by atoms with Crippen molar-refractivity contribution in [2.75, 3.05) is 6.54 Å². The Morgan fingerprint density at radius 2 is 2.33 bits per heavy atom. The summed E-state index contributed by atoms with van der Waals surface area (Å²) in [5, 5.41) is 0. The molecule has 1 heterocycles. The van der Waals surface area contributed by atoms with Gasteiger partial charge in [0, 0.05) is 6.20 Å². The third kappa shape index (κ3) is 2.01. The van der Waals surface area contributed by atoms with Gasteiger partial charge in [0.05, 0.1) is 6.20 Å². The summed E-state index contributed by atoms with van der Waals surface area (Å²) in [6, 6.07) is 1.49. The lowest BCUT2D eigenvalue weighted by Crippen LogP contribution is -2.11. The van der Waals surface area contributed by atoms with E-state index in [9.17, 15) is 4.39 Å². The molecule has 0 aliphatic heterocycles. The van der Waals surface area contributed by atoms with E-state index in [1.54, 1.807) is 6.20 Å². The van der Waals surface area contributed by atoms with E-state index >= 15 is 0 Å². The van der Waals surface area contributed by atoms with E-state index in [0.29, 0.717) is 6.54 Å². The Morgan fingerprint density at radius 3 is 2.83 bits per heavy atom. The van der Waals surface area contributed by atoms with E-state index in [2.05, 4.69) is 4.98 Å². The van der Waals surface area contributed by atoms with Gasteiger partial charge in [-0.1, -0.05) is 6.92 Å². The first-order chi connectivity index (χ1) is 5.77. The molecule has 0 bridgehead atoms. The highest BCUT2D eigenvalue weighted by atomic mass is 19.1. The third-order valence-corrected chi connectivity index (χ3v) is 1.97. The van der Waals surface area contributed by atoms with Crippen LogP contribution in [0.1, 0.15) is 24.8 Å². The Morgan fingerprint density at radius 1 is 1.58 bits per heavy atom. The van der Waals surface area contributed by atoms with Crippen LogP contribution in [-0.4, -0.2) is 11.5 Å². The van der Waals surface area contributed by atoms with Gasteiger partial charge in [-0.05, 0) is 30.5 Å². The minimum atomic E-state index is -0.292. The second kappa shape index (κ2) is 4.16. The molecule has 12 heavy (non-hydrogen) atoms. The standard InChI is InChI=1S/C9H13FN2/c1-2-7(4-11)8-3-9(10)6-12-5-8/h3,5-7H,2,4,11H2,1H3. The molecule has 0 saturated heterocycles. The van der Waals surface area contributed by atoms with Gasteiger partial charge in [-0.3, -0.25) is 4.98 Å². The van der Waals surface area contributed by atoms with Gasteiger partial charge in [-0.25, -0.2) is 4.39 Å². The van der Waals surface area contributed by atoms with Gasteiger partial charge in [-0.15, -0.1) is 0 Å². The molecule has 0 saturated carbocycles. The first kappa shape index (κ1) is 9.13.